The molecule has 1 saturated heterocycles. The molecule has 0 aromatic heterocycles. The van der Waals surface area contributed by atoms with Gasteiger partial charge >= 0.3 is 0 Å². The van der Waals surface area contributed by atoms with Crippen molar-refractivity contribution in [2.24, 2.45) is 5.92 Å². The Balaban J connectivity index is 1.90. The van der Waals surface area contributed by atoms with Crippen LogP contribution in [0.5, 0.6) is 5.75 Å². The second kappa shape index (κ2) is 4.73. The van der Waals surface area contributed by atoms with Gasteiger partial charge in [-0.05, 0) is 24.6 Å². The lowest BCUT2D eigenvalue weighted by Gasteiger charge is -2.11. The van der Waals surface area contributed by atoms with Crippen molar-refractivity contribution in [3.05, 3.63) is 23.2 Å². The summed E-state index contributed by atoms with van der Waals surface area (Å²) in [5.74, 6) is 0.698. The summed E-state index contributed by atoms with van der Waals surface area (Å²) in [6.07, 6.45) is 1.11. The topological polar surface area (TPSA) is 41.5 Å². The molecule has 0 saturated carbocycles. The number of nitrogens with one attached hydrogen (secondary N) is 1. The molecule has 0 radical (unpaired) electrons. The van der Waals surface area contributed by atoms with E-state index in [-0.39, 0.29) is 5.75 Å². The smallest absolute Gasteiger partial charge is 0.134 e. The molecule has 1 aliphatic rings. The predicted octanol–water partition coefficient (Wildman–Crippen LogP) is 2.49. The summed E-state index contributed by atoms with van der Waals surface area (Å²) in [5, 5.41) is 12.9. The SMILES string of the molecule is Oc1ccc(NCC2CCOC2)cc1Cl. The average molecular weight is 228 g/mol. The average Bonchev–Trinajstić information content (AvgIpc) is 2.73. The highest BCUT2D eigenvalue weighted by Gasteiger charge is 2.14. The van der Waals surface area contributed by atoms with E-state index < -0.39 is 0 Å². The molecular weight excluding hydrogens is 214 g/mol. The molecule has 15 heavy (non-hydrogen) atoms. The lowest BCUT2D eigenvalue weighted by Crippen LogP contribution is -2.13. The van der Waals surface area contributed by atoms with Crippen molar-refractivity contribution in [1.82, 2.24) is 0 Å². The number of hydrogen-bond donors (Lipinski definition) is 2. The van der Waals surface area contributed by atoms with E-state index in [0.717, 1.165) is 31.9 Å². The first-order valence-electron chi connectivity index (χ1n) is 5.06. The third-order valence-electron chi connectivity index (χ3n) is 2.57. The quantitative estimate of drug-likeness (QED) is 0.780. The minimum absolute atomic E-state index is 0.117. The first-order valence-corrected chi connectivity index (χ1v) is 5.43. The normalized spacial score (nSPS) is 20.5. The van der Waals surface area contributed by atoms with Gasteiger partial charge in [-0.15, -0.1) is 0 Å². The number of halogens is 1. The maximum atomic E-state index is 9.24. The Morgan fingerprint density at radius 1 is 1.53 bits per heavy atom. The number of phenols is 1. The van der Waals surface area contributed by atoms with Crippen LogP contribution in [0.25, 0.3) is 0 Å². The molecule has 4 heteroatoms. The van der Waals surface area contributed by atoms with Crippen LogP contribution in [0.1, 0.15) is 6.42 Å². The van der Waals surface area contributed by atoms with Gasteiger partial charge in [-0.2, -0.15) is 0 Å². The zero-order valence-electron chi connectivity index (χ0n) is 8.37. The van der Waals surface area contributed by atoms with Crippen LogP contribution in [0.2, 0.25) is 5.02 Å². The highest BCUT2D eigenvalue weighted by molar-refractivity contribution is 6.32. The van der Waals surface area contributed by atoms with E-state index in [1.807, 2.05) is 6.07 Å². The van der Waals surface area contributed by atoms with Crippen molar-refractivity contribution in [1.29, 1.82) is 0 Å². The number of aromatic hydroxyl groups is 1. The van der Waals surface area contributed by atoms with Crippen LogP contribution in [-0.2, 0) is 4.74 Å². The first kappa shape index (κ1) is 10.6. The summed E-state index contributed by atoms with van der Waals surface area (Å²) >= 11 is 5.79. The molecule has 2 N–H and O–H groups in total. The van der Waals surface area contributed by atoms with Gasteiger partial charge in [0.25, 0.3) is 0 Å². The van der Waals surface area contributed by atoms with Crippen molar-refractivity contribution < 1.29 is 9.84 Å². The highest BCUT2D eigenvalue weighted by Crippen LogP contribution is 2.26. The molecule has 0 spiro atoms. The summed E-state index contributed by atoms with van der Waals surface area (Å²) in [4.78, 5) is 0. The van der Waals surface area contributed by atoms with Gasteiger partial charge in [0.15, 0.2) is 0 Å². The van der Waals surface area contributed by atoms with Gasteiger partial charge in [0.05, 0.1) is 11.6 Å². The Bertz CT molecular complexity index is 337. The third kappa shape index (κ3) is 2.76. The highest BCUT2D eigenvalue weighted by atomic mass is 35.5. The van der Waals surface area contributed by atoms with Gasteiger partial charge in [0, 0.05) is 24.8 Å². The molecule has 0 aliphatic carbocycles. The molecule has 3 nitrogen and oxygen atoms in total. The lowest BCUT2D eigenvalue weighted by atomic mass is 10.1. The maximum Gasteiger partial charge on any atom is 0.134 e. The molecule has 0 bridgehead atoms. The summed E-state index contributed by atoms with van der Waals surface area (Å²) < 4.78 is 5.28. The molecule has 1 fully saturated rings. The number of phenolic OH excluding ortho intramolecular Hbond substituents is 1. The van der Waals surface area contributed by atoms with E-state index in [0.29, 0.717) is 10.9 Å². The molecule has 1 atom stereocenters. The second-order valence-corrected chi connectivity index (χ2v) is 4.18. The number of benzene rings is 1. The van der Waals surface area contributed by atoms with E-state index >= 15 is 0 Å². The lowest BCUT2D eigenvalue weighted by molar-refractivity contribution is 0.187. The molecule has 82 valence electrons. The summed E-state index contributed by atoms with van der Waals surface area (Å²) in [6, 6.07) is 5.14. The van der Waals surface area contributed by atoms with Crippen molar-refractivity contribution in [2.45, 2.75) is 6.42 Å². The second-order valence-electron chi connectivity index (χ2n) is 3.78. The Labute approximate surface area is 94.0 Å². The monoisotopic (exact) mass is 227 g/mol. The summed E-state index contributed by atoms with van der Waals surface area (Å²) in [7, 11) is 0. The fraction of sp³-hybridized carbons (Fsp3) is 0.455. The van der Waals surface area contributed by atoms with Crippen LogP contribution < -0.4 is 5.32 Å². The van der Waals surface area contributed by atoms with Crippen molar-refractivity contribution in [3.63, 3.8) is 0 Å². The standard InChI is InChI=1S/C11H14ClNO2/c12-10-5-9(1-2-11(10)14)13-6-8-3-4-15-7-8/h1-2,5,8,13-14H,3-4,6-7H2. The van der Waals surface area contributed by atoms with Crippen LogP contribution in [0.3, 0.4) is 0 Å². The van der Waals surface area contributed by atoms with Crippen LogP contribution in [0.15, 0.2) is 18.2 Å². The van der Waals surface area contributed by atoms with Gasteiger partial charge in [0.1, 0.15) is 5.75 Å². The van der Waals surface area contributed by atoms with E-state index in [4.69, 9.17) is 16.3 Å². The van der Waals surface area contributed by atoms with E-state index in [1.165, 1.54) is 0 Å². The molecule has 1 aromatic rings. The zero-order valence-corrected chi connectivity index (χ0v) is 9.13. The summed E-state index contributed by atoms with van der Waals surface area (Å²) in [5.41, 5.74) is 0.935. The fourth-order valence-corrected chi connectivity index (χ4v) is 1.80. The Kier molecular flexibility index (Phi) is 3.34. The Morgan fingerprint density at radius 3 is 3.07 bits per heavy atom. The molecule has 1 aliphatic heterocycles. The van der Waals surface area contributed by atoms with E-state index in [9.17, 15) is 5.11 Å². The van der Waals surface area contributed by atoms with Gasteiger partial charge in [-0.1, -0.05) is 11.6 Å². The van der Waals surface area contributed by atoms with Crippen LogP contribution in [0.4, 0.5) is 5.69 Å². The van der Waals surface area contributed by atoms with E-state index in [1.54, 1.807) is 12.1 Å². The number of hydrogen-bond acceptors (Lipinski definition) is 3. The predicted molar refractivity (Wildman–Crippen MR) is 60.5 cm³/mol. The Hall–Kier alpha value is -0.930. The van der Waals surface area contributed by atoms with Crippen LogP contribution in [0, 0.1) is 5.92 Å². The fourth-order valence-electron chi connectivity index (χ4n) is 1.62. The van der Waals surface area contributed by atoms with Crippen LogP contribution >= 0.6 is 11.6 Å². The van der Waals surface area contributed by atoms with Crippen molar-refractivity contribution >= 4 is 17.3 Å². The molecule has 1 unspecified atom stereocenters. The number of anilines is 1. The van der Waals surface area contributed by atoms with Crippen LogP contribution in [-0.4, -0.2) is 24.9 Å². The molecular formula is C11H14ClNO2. The zero-order chi connectivity index (χ0) is 10.7. The molecule has 2 rings (SSSR count). The van der Waals surface area contributed by atoms with E-state index in [2.05, 4.69) is 5.32 Å². The van der Waals surface area contributed by atoms with Gasteiger partial charge in [-0.25, -0.2) is 0 Å². The maximum absolute atomic E-state index is 9.24. The summed E-state index contributed by atoms with van der Waals surface area (Å²) in [6.45, 7) is 2.59. The Morgan fingerprint density at radius 2 is 2.40 bits per heavy atom. The van der Waals surface area contributed by atoms with Gasteiger partial charge in [-0.3, -0.25) is 0 Å². The first-order chi connectivity index (χ1) is 7.25. The number of rotatable bonds is 3. The van der Waals surface area contributed by atoms with Gasteiger partial charge < -0.3 is 15.2 Å². The number of ether oxygens (including phenoxy) is 1. The minimum atomic E-state index is 0.117. The van der Waals surface area contributed by atoms with Gasteiger partial charge in [0.2, 0.25) is 0 Å². The molecule has 1 heterocycles. The molecule has 0 amide bonds. The largest absolute Gasteiger partial charge is 0.506 e. The van der Waals surface area contributed by atoms with Crippen molar-refractivity contribution in [2.75, 3.05) is 25.1 Å². The molecule has 1 aromatic carbocycles. The third-order valence-corrected chi connectivity index (χ3v) is 2.87. The van der Waals surface area contributed by atoms with Crippen molar-refractivity contribution in [3.8, 4) is 5.75 Å². The minimum Gasteiger partial charge on any atom is -0.506 e.